The van der Waals surface area contributed by atoms with E-state index in [1.807, 2.05) is 12.1 Å². The van der Waals surface area contributed by atoms with Crippen LogP contribution in [-0.4, -0.2) is 5.78 Å². The predicted octanol–water partition coefficient (Wildman–Crippen LogP) is 6.01. The van der Waals surface area contributed by atoms with Crippen LogP contribution in [0.1, 0.15) is 75.1 Å². The zero-order valence-corrected chi connectivity index (χ0v) is 15.9. The third-order valence-electron chi connectivity index (χ3n) is 5.58. The minimum Gasteiger partial charge on any atom is -0.302 e. The van der Waals surface area contributed by atoms with Gasteiger partial charge in [0, 0.05) is 24.4 Å². The molecule has 1 aliphatic heterocycles. The number of hydrogen-bond acceptors (Lipinski definition) is 2. The zero-order valence-electron chi connectivity index (χ0n) is 15.9. The molecule has 0 aromatic heterocycles. The topological polar surface area (TPSA) is 29.1 Å². The van der Waals surface area contributed by atoms with E-state index in [4.69, 9.17) is 0 Å². The summed E-state index contributed by atoms with van der Waals surface area (Å²) < 4.78 is 0. The molecule has 0 unspecified atom stereocenters. The smallest absolute Gasteiger partial charge is 0.139 e. The van der Waals surface area contributed by atoms with E-state index in [0.717, 1.165) is 12.8 Å². The third-order valence-corrected chi connectivity index (χ3v) is 5.58. The summed E-state index contributed by atoms with van der Waals surface area (Å²) in [5.41, 5.74) is 2.45. The lowest BCUT2D eigenvalue weighted by atomic mass is 9.78. The summed E-state index contributed by atoms with van der Waals surface area (Å²) in [6.45, 7) is 2.24. The number of Topliss-reactive ketones (excluding diaryl/α,β-unsaturated/α-hetero) is 1. The largest absolute Gasteiger partial charge is 0.302 e. The van der Waals surface area contributed by atoms with Gasteiger partial charge < -0.3 is 5.32 Å². The Hall–Kier alpha value is -1.93. The molecular weight excluding hydrogens is 318 g/mol. The standard InChI is InChI=1S/C24H31NO/c1-2-3-4-5-12-17-21-23(26)18-22(19-13-8-6-9-14-19)25-24(21)20-15-10-7-11-16-20/h6-11,13-16,21-22,24-25H,2-5,12,17-18H2,1H3/t21-,22-,24+/m0/s1. The van der Waals surface area contributed by atoms with Gasteiger partial charge in [0.2, 0.25) is 0 Å². The van der Waals surface area contributed by atoms with E-state index < -0.39 is 0 Å². The average Bonchev–Trinajstić information content (AvgIpc) is 2.70. The molecule has 1 fully saturated rings. The van der Waals surface area contributed by atoms with Crippen LogP contribution in [0.25, 0.3) is 0 Å². The number of benzene rings is 2. The van der Waals surface area contributed by atoms with Crippen LogP contribution < -0.4 is 5.32 Å². The van der Waals surface area contributed by atoms with Gasteiger partial charge in [-0.2, -0.15) is 0 Å². The quantitative estimate of drug-likeness (QED) is 0.591. The molecule has 138 valence electrons. The van der Waals surface area contributed by atoms with Gasteiger partial charge >= 0.3 is 0 Å². The fraction of sp³-hybridized carbons (Fsp3) is 0.458. The summed E-state index contributed by atoms with van der Waals surface area (Å²) in [4.78, 5) is 13.0. The highest BCUT2D eigenvalue weighted by Crippen LogP contribution is 2.37. The molecule has 0 amide bonds. The molecule has 2 aromatic carbocycles. The fourth-order valence-electron chi connectivity index (χ4n) is 4.11. The van der Waals surface area contributed by atoms with Crippen LogP contribution >= 0.6 is 0 Å². The first-order valence-corrected chi connectivity index (χ1v) is 10.2. The minimum atomic E-state index is 0.0963. The van der Waals surface area contributed by atoms with Crippen molar-refractivity contribution in [2.45, 2.75) is 64.0 Å². The first kappa shape index (κ1) is 18.8. The van der Waals surface area contributed by atoms with Gasteiger partial charge in [-0.25, -0.2) is 0 Å². The number of piperidine rings is 1. The normalized spacial score (nSPS) is 23.1. The number of carbonyl (C=O) groups excluding carboxylic acids is 1. The SMILES string of the molecule is CCCCCCC[C@H]1C(=O)C[C@@H](c2ccccc2)N[C@@H]1c1ccccc1. The van der Waals surface area contributed by atoms with E-state index in [1.165, 1.54) is 36.8 Å². The summed E-state index contributed by atoms with van der Waals surface area (Å²) in [6, 6.07) is 21.1. The Morgan fingerprint density at radius 3 is 2.12 bits per heavy atom. The van der Waals surface area contributed by atoms with Gasteiger partial charge in [0.1, 0.15) is 5.78 Å². The van der Waals surface area contributed by atoms with E-state index in [-0.39, 0.29) is 18.0 Å². The monoisotopic (exact) mass is 349 g/mol. The van der Waals surface area contributed by atoms with Gasteiger partial charge in [0.05, 0.1) is 0 Å². The van der Waals surface area contributed by atoms with E-state index >= 15 is 0 Å². The number of ketones is 1. The second-order valence-corrected chi connectivity index (χ2v) is 7.50. The van der Waals surface area contributed by atoms with Crippen molar-refractivity contribution in [2.75, 3.05) is 0 Å². The van der Waals surface area contributed by atoms with Crippen LogP contribution in [0.5, 0.6) is 0 Å². The Kier molecular flexibility index (Phi) is 7.02. The van der Waals surface area contributed by atoms with Gasteiger partial charge in [0.25, 0.3) is 0 Å². The second-order valence-electron chi connectivity index (χ2n) is 7.50. The van der Waals surface area contributed by atoms with Gasteiger partial charge in [-0.3, -0.25) is 4.79 Å². The molecule has 0 saturated carbocycles. The van der Waals surface area contributed by atoms with Crippen molar-refractivity contribution in [1.82, 2.24) is 5.32 Å². The number of nitrogens with one attached hydrogen (secondary N) is 1. The first-order chi connectivity index (χ1) is 12.8. The van der Waals surface area contributed by atoms with Crippen molar-refractivity contribution in [3.63, 3.8) is 0 Å². The van der Waals surface area contributed by atoms with Crippen LogP contribution in [0.15, 0.2) is 60.7 Å². The van der Waals surface area contributed by atoms with Crippen molar-refractivity contribution in [3.05, 3.63) is 71.8 Å². The van der Waals surface area contributed by atoms with Crippen LogP contribution in [0.4, 0.5) is 0 Å². The lowest BCUT2D eigenvalue weighted by Crippen LogP contribution is -2.42. The Labute approximate surface area is 158 Å². The van der Waals surface area contributed by atoms with Crippen molar-refractivity contribution in [2.24, 2.45) is 5.92 Å². The number of hydrogen-bond donors (Lipinski definition) is 1. The summed E-state index contributed by atoms with van der Waals surface area (Å²) in [5.74, 6) is 0.515. The van der Waals surface area contributed by atoms with Crippen LogP contribution in [-0.2, 0) is 4.79 Å². The summed E-state index contributed by atoms with van der Waals surface area (Å²) in [7, 11) is 0. The van der Waals surface area contributed by atoms with E-state index in [9.17, 15) is 4.79 Å². The molecule has 26 heavy (non-hydrogen) atoms. The number of unbranched alkanes of at least 4 members (excludes halogenated alkanes) is 4. The number of carbonyl (C=O) groups is 1. The van der Waals surface area contributed by atoms with E-state index in [2.05, 4.69) is 60.8 Å². The van der Waals surface area contributed by atoms with E-state index in [1.54, 1.807) is 0 Å². The maximum atomic E-state index is 13.0. The Morgan fingerprint density at radius 2 is 1.46 bits per heavy atom. The number of rotatable bonds is 8. The van der Waals surface area contributed by atoms with Crippen molar-refractivity contribution in [3.8, 4) is 0 Å². The van der Waals surface area contributed by atoms with Gasteiger partial charge in [-0.1, -0.05) is 99.7 Å². The summed E-state index contributed by atoms with van der Waals surface area (Å²) >= 11 is 0. The Morgan fingerprint density at radius 1 is 0.846 bits per heavy atom. The average molecular weight is 350 g/mol. The first-order valence-electron chi connectivity index (χ1n) is 10.2. The lowest BCUT2D eigenvalue weighted by molar-refractivity contribution is -0.127. The maximum Gasteiger partial charge on any atom is 0.139 e. The third kappa shape index (κ3) is 4.82. The van der Waals surface area contributed by atoms with Crippen molar-refractivity contribution < 1.29 is 4.79 Å². The highest BCUT2D eigenvalue weighted by molar-refractivity contribution is 5.83. The Bertz CT molecular complexity index is 667. The molecule has 0 radical (unpaired) electrons. The van der Waals surface area contributed by atoms with Crippen LogP contribution in [0, 0.1) is 5.92 Å². The summed E-state index contributed by atoms with van der Waals surface area (Å²) in [6.07, 6.45) is 7.83. The molecule has 1 heterocycles. The minimum absolute atomic E-state index is 0.0963. The maximum absolute atomic E-state index is 13.0. The van der Waals surface area contributed by atoms with E-state index in [0.29, 0.717) is 12.2 Å². The second kappa shape index (κ2) is 9.68. The molecule has 2 heteroatoms. The van der Waals surface area contributed by atoms with Gasteiger partial charge in [0.15, 0.2) is 0 Å². The molecule has 1 N–H and O–H groups in total. The molecule has 3 rings (SSSR count). The molecule has 1 aliphatic rings. The predicted molar refractivity (Wildman–Crippen MR) is 108 cm³/mol. The molecule has 1 saturated heterocycles. The van der Waals surface area contributed by atoms with Gasteiger partial charge in [-0.05, 0) is 17.5 Å². The highest BCUT2D eigenvalue weighted by atomic mass is 16.1. The molecule has 0 bridgehead atoms. The van der Waals surface area contributed by atoms with Crippen molar-refractivity contribution >= 4 is 5.78 Å². The zero-order chi connectivity index (χ0) is 18.2. The fourth-order valence-corrected chi connectivity index (χ4v) is 4.11. The van der Waals surface area contributed by atoms with Gasteiger partial charge in [-0.15, -0.1) is 0 Å². The highest BCUT2D eigenvalue weighted by Gasteiger charge is 2.36. The lowest BCUT2D eigenvalue weighted by Gasteiger charge is -2.37. The van der Waals surface area contributed by atoms with Crippen molar-refractivity contribution in [1.29, 1.82) is 0 Å². The van der Waals surface area contributed by atoms with Crippen LogP contribution in [0.3, 0.4) is 0 Å². The molecular formula is C24H31NO. The molecule has 2 nitrogen and oxygen atoms in total. The Balaban J connectivity index is 1.74. The molecule has 0 spiro atoms. The molecule has 0 aliphatic carbocycles. The van der Waals surface area contributed by atoms with Crippen LogP contribution in [0.2, 0.25) is 0 Å². The molecule has 3 atom stereocenters. The summed E-state index contributed by atoms with van der Waals surface area (Å²) in [5, 5.41) is 3.80. The molecule has 2 aromatic rings.